The first-order valence-electron chi connectivity index (χ1n) is 10.4. The van der Waals surface area contributed by atoms with Crippen molar-refractivity contribution in [2.24, 2.45) is 11.8 Å². The van der Waals surface area contributed by atoms with E-state index in [0.29, 0.717) is 23.3 Å². The Kier molecular flexibility index (Phi) is 5.38. The first kappa shape index (κ1) is 20.0. The number of halogens is 1. The van der Waals surface area contributed by atoms with Gasteiger partial charge in [0.05, 0.1) is 7.11 Å². The molecule has 31 heavy (non-hydrogen) atoms. The van der Waals surface area contributed by atoms with E-state index in [1.54, 1.807) is 7.11 Å². The number of rotatable bonds is 5. The van der Waals surface area contributed by atoms with Crippen LogP contribution in [0.5, 0.6) is 5.75 Å². The number of amides is 1. The van der Waals surface area contributed by atoms with Crippen molar-refractivity contribution in [3.8, 4) is 5.75 Å². The summed E-state index contributed by atoms with van der Waals surface area (Å²) in [6.07, 6.45) is 0.852. The molecule has 8 heteroatoms. The van der Waals surface area contributed by atoms with Crippen LogP contribution in [0.3, 0.4) is 0 Å². The lowest BCUT2D eigenvalue weighted by Gasteiger charge is -2.25. The summed E-state index contributed by atoms with van der Waals surface area (Å²) in [5, 5.41) is 12.2. The zero-order valence-electron chi connectivity index (χ0n) is 17.3. The van der Waals surface area contributed by atoms with Gasteiger partial charge >= 0.3 is 0 Å². The molecule has 7 nitrogen and oxygen atoms in total. The average Bonchev–Trinajstić information content (AvgIpc) is 3.36. The van der Waals surface area contributed by atoms with E-state index < -0.39 is 0 Å². The SMILES string of the molecule is COc1ccc(NC(=O)c2nnc3n2CC2CN(Cc4ccc(Cl)cc4)CC2C3)cc1. The van der Waals surface area contributed by atoms with Gasteiger partial charge in [0.15, 0.2) is 0 Å². The van der Waals surface area contributed by atoms with Crippen molar-refractivity contribution < 1.29 is 9.53 Å². The number of likely N-dealkylation sites (tertiary alicyclic amines) is 1. The third-order valence-electron chi connectivity index (χ3n) is 6.21. The number of fused-ring (bicyclic) bond motifs is 2. The van der Waals surface area contributed by atoms with E-state index in [9.17, 15) is 4.79 Å². The van der Waals surface area contributed by atoms with Crippen molar-refractivity contribution in [2.75, 3.05) is 25.5 Å². The van der Waals surface area contributed by atoms with Crippen LogP contribution in [-0.4, -0.2) is 45.8 Å². The lowest BCUT2D eigenvalue weighted by Crippen LogP contribution is -2.31. The number of carbonyl (C=O) groups is 1. The van der Waals surface area contributed by atoms with Gasteiger partial charge in [0.1, 0.15) is 11.6 Å². The fourth-order valence-electron chi connectivity index (χ4n) is 4.63. The molecule has 2 aliphatic rings. The summed E-state index contributed by atoms with van der Waals surface area (Å²) >= 11 is 6.00. The van der Waals surface area contributed by atoms with Crippen LogP contribution >= 0.6 is 11.6 Å². The van der Waals surface area contributed by atoms with E-state index in [4.69, 9.17) is 16.3 Å². The number of hydrogen-bond donors (Lipinski definition) is 1. The van der Waals surface area contributed by atoms with Crippen LogP contribution in [0.2, 0.25) is 5.02 Å². The Balaban J connectivity index is 1.25. The highest BCUT2D eigenvalue weighted by molar-refractivity contribution is 6.30. The largest absolute Gasteiger partial charge is 0.497 e. The summed E-state index contributed by atoms with van der Waals surface area (Å²) in [4.78, 5) is 15.3. The minimum atomic E-state index is -0.238. The van der Waals surface area contributed by atoms with Crippen LogP contribution in [0, 0.1) is 11.8 Å². The van der Waals surface area contributed by atoms with Crippen molar-refractivity contribution in [1.29, 1.82) is 0 Å². The highest BCUT2D eigenvalue weighted by Crippen LogP contribution is 2.33. The second kappa shape index (κ2) is 8.32. The molecule has 0 bridgehead atoms. The highest BCUT2D eigenvalue weighted by atomic mass is 35.5. The quantitative estimate of drug-likeness (QED) is 0.661. The summed E-state index contributed by atoms with van der Waals surface area (Å²) in [5.41, 5.74) is 1.97. The zero-order chi connectivity index (χ0) is 21.4. The molecule has 0 aliphatic carbocycles. The molecule has 1 fully saturated rings. The Morgan fingerprint density at radius 1 is 1.06 bits per heavy atom. The Hall–Kier alpha value is -2.90. The zero-order valence-corrected chi connectivity index (χ0v) is 18.0. The number of anilines is 1. The molecule has 1 N–H and O–H groups in total. The van der Waals surface area contributed by atoms with Gasteiger partial charge in [-0.05, 0) is 53.8 Å². The molecule has 2 aromatic carbocycles. The lowest BCUT2D eigenvalue weighted by molar-refractivity contribution is 0.100. The topological polar surface area (TPSA) is 72.3 Å². The molecule has 2 aliphatic heterocycles. The maximum absolute atomic E-state index is 12.8. The van der Waals surface area contributed by atoms with Gasteiger partial charge in [0.2, 0.25) is 5.82 Å². The fraction of sp³-hybridized carbons (Fsp3) is 0.348. The molecule has 3 aromatic rings. The number of aromatic nitrogens is 3. The van der Waals surface area contributed by atoms with Gasteiger partial charge in [-0.1, -0.05) is 23.7 Å². The molecule has 0 saturated carbocycles. The molecule has 1 saturated heterocycles. The van der Waals surface area contributed by atoms with Gasteiger partial charge < -0.3 is 14.6 Å². The van der Waals surface area contributed by atoms with Gasteiger partial charge in [-0.3, -0.25) is 9.69 Å². The molecule has 1 aromatic heterocycles. The average molecular weight is 438 g/mol. The van der Waals surface area contributed by atoms with Crippen LogP contribution in [0.15, 0.2) is 48.5 Å². The molecule has 5 rings (SSSR count). The first-order chi connectivity index (χ1) is 15.1. The summed E-state index contributed by atoms with van der Waals surface area (Å²) in [6.45, 7) is 3.73. The van der Waals surface area contributed by atoms with E-state index >= 15 is 0 Å². The number of hydrogen-bond acceptors (Lipinski definition) is 5. The van der Waals surface area contributed by atoms with Crippen molar-refractivity contribution in [3.63, 3.8) is 0 Å². The summed E-state index contributed by atoms with van der Waals surface area (Å²) in [5.74, 6) is 2.81. The number of nitrogens with zero attached hydrogens (tertiary/aromatic N) is 4. The monoisotopic (exact) mass is 437 g/mol. The van der Waals surface area contributed by atoms with Gasteiger partial charge in [0.25, 0.3) is 5.91 Å². The molecular weight excluding hydrogens is 414 g/mol. The van der Waals surface area contributed by atoms with E-state index in [2.05, 4.69) is 32.5 Å². The van der Waals surface area contributed by atoms with Crippen LogP contribution in [-0.2, 0) is 19.5 Å². The number of benzene rings is 2. The Bertz CT molecular complexity index is 1080. The number of ether oxygens (including phenoxy) is 1. The molecule has 3 heterocycles. The van der Waals surface area contributed by atoms with E-state index in [0.717, 1.165) is 49.2 Å². The molecule has 0 radical (unpaired) electrons. The van der Waals surface area contributed by atoms with Crippen molar-refractivity contribution in [1.82, 2.24) is 19.7 Å². The smallest absolute Gasteiger partial charge is 0.293 e. The maximum atomic E-state index is 12.8. The minimum absolute atomic E-state index is 0.238. The van der Waals surface area contributed by atoms with Gasteiger partial charge in [-0.2, -0.15) is 0 Å². The summed E-state index contributed by atoms with van der Waals surface area (Å²) < 4.78 is 7.16. The number of carbonyl (C=O) groups excluding carboxylic acids is 1. The number of methoxy groups -OCH3 is 1. The summed E-state index contributed by atoms with van der Waals surface area (Å²) in [7, 11) is 1.61. The number of nitrogens with one attached hydrogen (secondary N) is 1. The molecule has 1 amide bonds. The molecule has 2 atom stereocenters. The van der Waals surface area contributed by atoms with Crippen LogP contribution in [0.1, 0.15) is 22.0 Å². The van der Waals surface area contributed by atoms with E-state index in [1.165, 1.54) is 5.56 Å². The fourth-order valence-corrected chi connectivity index (χ4v) is 4.75. The highest BCUT2D eigenvalue weighted by Gasteiger charge is 2.39. The van der Waals surface area contributed by atoms with Gasteiger partial charge in [-0.15, -0.1) is 10.2 Å². The normalized spacial score (nSPS) is 20.2. The second-order valence-electron chi connectivity index (χ2n) is 8.28. The lowest BCUT2D eigenvalue weighted by atomic mass is 9.89. The predicted molar refractivity (Wildman–Crippen MR) is 118 cm³/mol. The Morgan fingerprint density at radius 2 is 1.81 bits per heavy atom. The first-order valence-corrected chi connectivity index (χ1v) is 10.8. The predicted octanol–water partition coefficient (Wildman–Crippen LogP) is 3.50. The summed E-state index contributed by atoms with van der Waals surface area (Å²) in [6, 6.07) is 15.3. The van der Waals surface area contributed by atoms with Crippen molar-refractivity contribution in [2.45, 2.75) is 19.5 Å². The van der Waals surface area contributed by atoms with Gasteiger partial charge in [-0.25, -0.2) is 0 Å². The molecular formula is C23H24ClN5O2. The molecule has 2 unspecified atom stereocenters. The van der Waals surface area contributed by atoms with Crippen LogP contribution in [0.4, 0.5) is 5.69 Å². The molecule has 160 valence electrons. The Morgan fingerprint density at radius 3 is 2.55 bits per heavy atom. The van der Waals surface area contributed by atoms with Crippen LogP contribution in [0.25, 0.3) is 0 Å². The van der Waals surface area contributed by atoms with Crippen LogP contribution < -0.4 is 10.1 Å². The van der Waals surface area contributed by atoms with E-state index in [-0.39, 0.29) is 5.91 Å². The third kappa shape index (κ3) is 4.16. The van der Waals surface area contributed by atoms with Crippen molar-refractivity contribution in [3.05, 3.63) is 70.8 Å². The second-order valence-corrected chi connectivity index (χ2v) is 8.71. The maximum Gasteiger partial charge on any atom is 0.293 e. The standard InChI is InChI=1S/C23H24ClN5O2/c1-31-20-8-6-19(7-9-20)25-23(30)22-27-26-21-10-16-12-28(13-17(16)14-29(21)22)11-15-2-4-18(24)5-3-15/h2-9,16-17H,10-14H2,1H3,(H,25,30). The van der Waals surface area contributed by atoms with E-state index in [1.807, 2.05) is 41.0 Å². The van der Waals surface area contributed by atoms with Gasteiger partial charge in [0, 0.05) is 43.3 Å². The van der Waals surface area contributed by atoms with Crippen molar-refractivity contribution >= 4 is 23.2 Å². The minimum Gasteiger partial charge on any atom is -0.497 e. The Labute approximate surface area is 186 Å². The third-order valence-corrected chi connectivity index (χ3v) is 6.46. The molecule has 0 spiro atoms.